The van der Waals surface area contributed by atoms with Gasteiger partial charge >= 0.3 is 0 Å². The van der Waals surface area contributed by atoms with Gasteiger partial charge in [0.1, 0.15) is 5.75 Å². The highest BCUT2D eigenvalue weighted by atomic mass is 16.5. The van der Waals surface area contributed by atoms with E-state index in [0.717, 1.165) is 12.8 Å². The SMILES string of the molecule is COc1cc(NC(=O)c2ccc(NC(=O)C3CC3)cc2)ccc1NC(=O)c1cccnc1. The molecule has 3 N–H and O–H groups in total. The summed E-state index contributed by atoms with van der Waals surface area (Å²) in [5, 5.41) is 8.42. The van der Waals surface area contributed by atoms with E-state index in [4.69, 9.17) is 4.74 Å². The zero-order valence-corrected chi connectivity index (χ0v) is 17.4. The Bertz CT molecular complexity index is 1140. The van der Waals surface area contributed by atoms with E-state index < -0.39 is 0 Å². The first-order chi connectivity index (χ1) is 15.5. The Morgan fingerprint density at radius 2 is 1.59 bits per heavy atom. The van der Waals surface area contributed by atoms with Gasteiger partial charge in [0.25, 0.3) is 11.8 Å². The molecule has 8 heteroatoms. The van der Waals surface area contributed by atoms with Crippen molar-refractivity contribution in [1.29, 1.82) is 0 Å². The van der Waals surface area contributed by atoms with E-state index in [9.17, 15) is 14.4 Å². The summed E-state index contributed by atoms with van der Waals surface area (Å²) in [7, 11) is 1.48. The minimum Gasteiger partial charge on any atom is -0.494 e. The molecule has 1 aliphatic carbocycles. The molecule has 4 rings (SSSR count). The molecule has 0 aliphatic heterocycles. The van der Waals surface area contributed by atoms with E-state index in [0.29, 0.717) is 33.9 Å². The van der Waals surface area contributed by atoms with Crippen molar-refractivity contribution in [3.05, 3.63) is 78.1 Å². The summed E-state index contributed by atoms with van der Waals surface area (Å²) in [5.41, 5.74) is 2.51. The highest BCUT2D eigenvalue weighted by Gasteiger charge is 2.29. The Morgan fingerprint density at radius 1 is 0.875 bits per heavy atom. The predicted molar refractivity (Wildman–Crippen MR) is 121 cm³/mol. The summed E-state index contributed by atoms with van der Waals surface area (Å²) in [6.45, 7) is 0. The largest absolute Gasteiger partial charge is 0.494 e. The van der Waals surface area contributed by atoms with Crippen molar-refractivity contribution >= 4 is 34.8 Å². The summed E-state index contributed by atoms with van der Waals surface area (Å²) in [5.74, 6) is -0.0884. The van der Waals surface area contributed by atoms with Gasteiger partial charge < -0.3 is 20.7 Å². The average Bonchev–Trinajstić information content (AvgIpc) is 3.66. The molecule has 1 aromatic heterocycles. The molecular formula is C24H22N4O4. The van der Waals surface area contributed by atoms with Crippen LogP contribution in [-0.4, -0.2) is 29.8 Å². The van der Waals surface area contributed by atoms with Crippen LogP contribution in [0.2, 0.25) is 0 Å². The lowest BCUT2D eigenvalue weighted by Crippen LogP contribution is -2.15. The van der Waals surface area contributed by atoms with Crippen LogP contribution in [0.1, 0.15) is 33.6 Å². The van der Waals surface area contributed by atoms with E-state index in [1.807, 2.05) is 0 Å². The Balaban J connectivity index is 1.40. The standard InChI is InChI=1S/C24H22N4O4/c1-32-21-13-19(10-11-20(21)28-24(31)17-3-2-12-25-14-17)27-23(30)16-6-8-18(9-7-16)26-22(29)15-4-5-15/h2-3,6-15H,4-5H2,1H3,(H,26,29)(H,27,30)(H,28,31). The van der Waals surface area contributed by atoms with Crippen molar-refractivity contribution in [1.82, 2.24) is 4.98 Å². The molecule has 32 heavy (non-hydrogen) atoms. The molecule has 2 aromatic carbocycles. The first-order valence-corrected chi connectivity index (χ1v) is 10.1. The average molecular weight is 430 g/mol. The molecule has 1 saturated carbocycles. The fourth-order valence-electron chi connectivity index (χ4n) is 3.06. The minimum atomic E-state index is -0.318. The number of pyridine rings is 1. The first-order valence-electron chi connectivity index (χ1n) is 10.1. The van der Waals surface area contributed by atoms with Crippen molar-refractivity contribution in [3.8, 4) is 5.75 Å². The number of aromatic nitrogens is 1. The quantitative estimate of drug-likeness (QED) is 0.526. The van der Waals surface area contributed by atoms with Crippen molar-refractivity contribution in [2.24, 2.45) is 5.92 Å². The van der Waals surface area contributed by atoms with Gasteiger partial charge in [-0.3, -0.25) is 19.4 Å². The molecule has 0 bridgehead atoms. The lowest BCUT2D eigenvalue weighted by atomic mass is 10.1. The second-order valence-corrected chi connectivity index (χ2v) is 7.41. The van der Waals surface area contributed by atoms with E-state index >= 15 is 0 Å². The van der Waals surface area contributed by atoms with Crippen molar-refractivity contribution in [2.45, 2.75) is 12.8 Å². The van der Waals surface area contributed by atoms with Crippen LogP contribution in [0.4, 0.5) is 17.1 Å². The fourth-order valence-corrected chi connectivity index (χ4v) is 3.06. The molecule has 8 nitrogen and oxygen atoms in total. The van der Waals surface area contributed by atoms with Crippen LogP contribution in [0.3, 0.4) is 0 Å². The number of rotatable bonds is 7. The molecule has 3 amide bonds. The van der Waals surface area contributed by atoms with Crippen LogP contribution < -0.4 is 20.7 Å². The third-order valence-electron chi connectivity index (χ3n) is 4.99. The monoisotopic (exact) mass is 430 g/mol. The first kappa shape index (κ1) is 21.0. The number of nitrogens with zero attached hydrogens (tertiary/aromatic N) is 1. The summed E-state index contributed by atoms with van der Waals surface area (Å²) in [6.07, 6.45) is 4.93. The van der Waals surface area contributed by atoms with Gasteiger partial charge in [0, 0.05) is 41.3 Å². The number of carbonyl (C=O) groups excluding carboxylic acids is 3. The molecule has 0 atom stereocenters. The van der Waals surface area contributed by atoms with Crippen LogP contribution in [0.5, 0.6) is 5.75 Å². The smallest absolute Gasteiger partial charge is 0.257 e. The van der Waals surface area contributed by atoms with Gasteiger partial charge in [-0.15, -0.1) is 0 Å². The summed E-state index contributed by atoms with van der Waals surface area (Å²) in [6, 6.07) is 15.0. The summed E-state index contributed by atoms with van der Waals surface area (Å²) in [4.78, 5) is 40.7. The summed E-state index contributed by atoms with van der Waals surface area (Å²) < 4.78 is 5.37. The molecule has 162 valence electrons. The van der Waals surface area contributed by atoms with Gasteiger partial charge in [-0.2, -0.15) is 0 Å². The Kier molecular flexibility index (Phi) is 6.12. The number of benzene rings is 2. The topological polar surface area (TPSA) is 109 Å². The zero-order chi connectivity index (χ0) is 22.5. The van der Waals surface area contributed by atoms with Crippen LogP contribution >= 0.6 is 0 Å². The van der Waals surface area contributed by atoms with Crippen molar-refractivity contribution in [2.75, 3.05) is 23.1 Å². The Morgan fingerprint density at radius 3 is 2.25 bits per heavy atom. The highest BCUT2D eigenvalue weighted by Crippen LogP contribution is 2.30. The number of methoxy groups -OCH3 is 1. The van der Waals surface area contributed by atoms with Crippen LogP contribution in [0.15, 0.2) is 67.0 Å². The number of carbonyl (C=O) groups is 3. The van der Waals surface area contributed by atoms with E-state index in [2.05, 4.69) is 20.9 Å². The molecule has 0 saturated heterocycles. The van der Waals surface area contributed by atoms with Crippen LogP contribution in [0.25, 0.3) is 0 Å². The second-order valence-electron chi connectivity index (χ2n) is 7.41. The van der Waals surface area contributed by atoms with Gasteiger partial charge in [-0.1, -0.05) is 0 Å². The number of ether oxygens (including phenoxy) is 1. The number of nitrogens with one attached hydrogen (secondary N) is 3. The van der Waals surface area contributed by atoms with Gasteiger partial charge in [0.05, 0.1) is 18.4 Å². The lowest BCUT2D eigenvalue weighted by Gasteiger charge is -2.13. The normalized spacial score (nSPS) is 12.5. The van der Waals surface area contributed by atoms with Gasteiger partial charge in [0.15, 0.2) is 0 Å². The maximum atomic E-state index is 12.6. The van der Waals surface area contributed by atoms with Gasteiger partial charge in [-0.05, 0) is 61.4 Å². The minimum absolute atomic E-state index is 0.0185. The van der Waals surface area contributed by atoms with Gasteiger partial charge in [-0.25, -0.2) is 0 Å². The third-order valence-corrected chi connectivity index (χ3v) is 4.99. The molecular weight excluding hydrogens is 408 g/mol. The molecule has 0 unspecified atom stereocenters. The molecule has 1 fully saturated rings. The molecule has 0 spiro atoms. The van der Waals surface area contributed by atoms with Crippen molar-refractivity contribution in [3.63, 3.8) is 0 Å². The van der Waals surface area contributed by atoms with E-state index in [1.54, 1.807) is 60.8 Å². The Hall–Kier alpha value is -4.20. The molecule has 1 aliphatic rings. The van der Waals surface area contributed by atoms with E-state index in [1.165, 1.54) is 13.3 Å². The predicted octanol–water partition coefficient (Wildman–Crippen LogP) is 3.94. The van der Waals surface area contributed by atoms with Crippen LogP contribution in [-0.2, 0) is 4.79 Å². The zero-order valence-electron chi connectivity index (χ0n) is 17.4. The fraction of sp³-hybridized carbons (Fsp3) is 0.167. The number of amides is 3. The summed E-state index contributed by atoms with van der Waals surface area (Å²) >= 11 is 0. The molecule has 0 radical (unpaired) electrons. The second kappa shape index (κ2) is 9.30. The van der Waals surface area contributed by atoms with Crippen molar-refractivity contribution < 1.29 is 19.1 Å². The van der Waals surface area contributed by atoms with E-state index in [-0.39, 0.29) is 23.6 Å². The highest BCUT2D eigenvalue weighted by molar-refractivity contribution is 6.06. The maximum absolute atomic E-state index is 12.6. The Labute approximate surface area is 185 Å². The number of anilines is 3. The molecule has 1 heterocycles. The van der Waals surface area contributed by atoms with Crippen LogP contribution in [0, 0.1) is 5.92 Å². The lowest BCUT2D eigenvalue weighted by molar-refractivity contribution is -0.117. The third kappa shape index (κ3) is 5.10. The number of hydrogen-bond donors (Lipinski definition) is 3. The molecule has 3 aromatic rings. The van der Waals surface area contributed by atoms with Gasteiger partial charge in [0.2, 0.25) is 5.91 Å². The number of hydrogen-bond acceptors (Lipinski definition) is 5. The maximum Gasteiger partial charge on any atom is 0.257 e.